The molecule has 1 aliphatic heterocycles. The maximum absolute atomic E-state index is 11.9. The molecule has 1 aromatic carbocycles. The number of esters is 2. The van der Waals surface area contributed by atoms with Crippen molar-refractivity contribution in [3.05, 3.63) is 24.3 Å². The zero-order valence-electron chi connectivity index (χ0n) is 10.8. The summed E-state index contributed by atoms with van der Waals surface area (Å²) in [5.74, 6) is -1.49. The van der Waals surface area contributed by atoms with Crippen LogP contribution in [0.15, 0.2) is 29.2 Å². The van der Waals surface area contributed by atoms with Gasteiger partial charge in [0.15, 0.2) is 6.61 Å². The molecule has 0 unspecified atom stereocenters. The van der Waals surface area contributed by atoms with Gasteiger partial charge in [0.25, 0.3) is 0 Å². The lowest BCUT2D eigenvalue weighted by Crippen LogP contribution is -2.31. The Hall–Kier alpha value is -2.02. The summed E-state index contributed by atoms with van der Waals surface area (Å²) in [6, 6.07) is 7.35. The molecule has 1 aromatic rings. The van der Waals surface area contributed by atoms with Gasteiger partial charge in [0.05, 0.1) is 24.5 Å². The summed E-state index contributed by atoms with van der Waals surface area (Å²) in [4.78, 5) is 35.2. The van der Waals surface area contributed by atoms with Gasteiger partial charge in [0, 0.05) is 4.90 Å². The van der Waals surface area contributed by atoms with E-state index in [0.29, 0.717) is 0 Å². The van der Waals surface area contributed by atoms with E-state index < -0.39 is 23.8 Å². The number of carbonyl (C=O) groups excluding carboxylic acids is 3. The van der Waals surface area contributed by atoms with E-state index in [9.17, 15) is 14.4 Å². The van der Waals surface area contributed by atoms with Gasteiger partial charge in [-0.05, 0) is 12.1 Å². The number of ether oxygens (including phenoxy) is 2. The van der Waals surface area contributed by atoms with E-state index in [2.05, 4.69) is 10.1 Å². The quantitative estimate of drug-likeness (QED) is 0.841. The third-order valence-electron chi connectivity index (χ3n) is 2.64. The molecule has 0 spiro atoms. The Morgan fingerprint density at radius 2 is 2.05 bits per heavy atom. The van der Waals surface area contributed by atoms with E-state index in [1.165, 1.54) is 18.9 Å². The molecule has 0 bridgehead atoms. The standard InChI is InChI=1S/C13H13NO5S/c1-18-12(16)7-19-11(15)6-10-13(17)14-8-4-2-3-5-9(8)20-10/h2-5,10H,6-7H2,1H3,(H,14,17)/t10-/m1/s1. The Morgan fingerprint density at radius 3 is 2.80 bits per heavy atom. The second kappa shape index (κ2) is 6.42. The lowest BCUT2D eigenvalue weighted by atomic mass is 10.2. The number of carbonyl (C=O) groups is 3. The molecule has 7 heteroatoms. The van der Waals surface area contributed by atoms with Crippen LogP contribution in [0.2, 0.25) is 0 Å². The fourth-order valence-electron chi connectivity index (χ4n) is 1.64. The Labute approximate surface area is 119 Å². The van der Waals surface area contributed by atoms with Crippen LogP contribution in [0.5, 0.6) is 0 Å². The van der Waals surface area contributed by atoms with Crippen LogP contribution in [0.3, 0.4) is 0 Å². The fourth-order valence-corrected chi connectivity index (χ4v) is 2.73. The molecule has 0 fully saturated rings. The molecule has 1 heterocycles. The van der Waals surface area contributed by atoms with Crippen LogP contribution in [0.25, 0.3) is 0 Å². The van der Waals surface area contributed by atoms with Crippen molar-refractivity contribution >= 4 is 35.3 Å². The zero-order valence-corrected chi connectivity index (χ0v) is 11.6. The molecule has 0 saturated heterocycles. The average Bonchev–Trinajstić information content (AvgIpc) is 2.45. The predicted molar refractivity (Wildman–Crippen MR) is 72.3 cm³/mol. The van der Waals surface area contributed by atoms with Gasteiger partial charge in [-0.25, -0.2) is 4.79 Å². The van der Waals surface area contributed by atoms with Crippen LogP contribution in [-0.4, -0.2) is 36.8 Å². The monoisotopic (exact) mass is 295 g/mol. The highest BCUT2D eigenvalue weighted by Gasteiger charge is 2.29. The van der Waals surface area contributed by atoms with E-state index in [-0.39, 0.29) is 12.3 Å². The number of rotatable bonds is 4. The largest absolute Gasteiger partial charge is 0.466 e. The summed E-state index contributed by atoms with van der Waals surface area (Å²) in [7, 11) is 1.21. The highest BCUT2D eigenvalue weighted by atomic mass is 32.2. The van der Waals surface area contributed by atoms with E-state index >= 15 is 0 Å². The summed E-state index contributed by atoms with van der Waals surface area (Å²) in [6.07, 6.45) is -0.0954. The molecule has 1 N–H and O–H groups in total. The SMILES string of the molecule is COC(=O)COC(=O)C[C@H]1Sc2ccccc2NC1=O. The van der Waals surface area contributed by atoms with Gasteiger partial charge < -0.3 is 14.8 Å². The molecule has 20 heavy (non-hydrogen) atoms. The topological polar surface area (TPSA) is 81.7 Å². The first kappa shape index (κ1) is 14.4. The van der Waals surface area contributed by atoms with Gasteiger partial charge in [-0.2, -0.15) is 0 Å². The van der Waals surface area contributed by atoms with Crippen LogP contribution in [0.4, 0.5) is 5.69 Å². The number of amides is 1. The molecule has 1 atom stereocenters. The molecule has 1 amide bonds. The maximum Gasteiger partial charge on any atom is 0.344 e. The number of nitrogens with one attached hydrogen (secondary N) is 1. The molecule has 0 aliphatic carbocycles. The van der Waals surface area contributed by atoms with Crippen molar-refractivity contribution in [3.8, 4) is 0 Å². The molecule has 0 radical (unpaired) electrons. The van der Waals surface area contributed by atoms with Gasteiger partial charge in [-0.15, -0.1) is 11.8 Å². The third-order valence-corrected chi connectivity index (χ3v) is 3.91. The minimum absolute atomic E-state index is 0.0954. The second-order valence-electron chi connectivity index (χ2n) is 4.03. The summed E-state index contributed by atoms with van der Waals surface area (Å²) in [6.45, 7) is -0.440. The molecule has 2 rings (SSSR count). The minimum atomic E-state index is -0.635. The number of thioether (sulfide) groups is 1. The molecule has 1 aliphatic rings. The summed E-state index contributed by atoms with van der Waals surface area (Å²) >= 11 is 1.30. The van der Waals surface area contributed by atoms with Gasteiger partial charge >= 0.3 is 11.9 Å². The summed E-state index contributed by atoms with van der Waals surface area (Å²) in [5.41, 5.74) is 0.738. The predicted octanol–water partition coefficient (Wildman–Crippen LogP) is 1.21. The zero-order chi connectivity index (χ0) is 14.5. The van der Waals surface area contributed by atoms with Crippen molar-refractivity contribution in [2.75, 3.05) is 19.0 Å². The number of hydrogen-bond acceptors (Lipinski definition) is 6. The van der Waals surface area contributed by atoms with Crippen molar-refractivity contribution in [2.45, 2.75) is 16.6 Å². The average molecular weight is 295 g/mol. The smallest absolute Gasteiger partial charge is 0.344 e. The second-order valence-corrected chi connectivity index (χ2v) is 5.28. The number of methoxy groups -OCH3 is 1. The number of fused-ring (bicyclic) bond motifs is 1. The first-order chi connectivity index (χ1) is 9.60. The molecule has 0 aromatic heterocycles. The fraction of sp³-hybridized carbons (Fsp3) is 0.308. The first-order valence-electron chi connectivity index (χ1n) is 5.89. The van der Waals surface area contributed by atoms with Crippen molar-refractivity contribution in [2.24, 2.45) is 0 Å². The molecule has 106 valence electrons. The third kappa shape index (κ3) is 3.51. The first-order valence-corrected chi connectivity index (χ1v) is 6.77. The van der Waals surface area contributed by atoms with Crippen molar-refractivity contribution < 1.29 is 23.9 Å². The molecule has 0 saturated carbocycles. The van der Waals surface area contributed by atoms with Gasteiger partial charge in [-0.3, -0.25) is 9.59 Å². The van der Waals surface area contributed by atoms with Crippen molar-refractivity contribution in [3.63, 3.8) is 0 Å². The van der Waals surface area contributed by atoms with E-state index in [4.69, 9.17) is 4.74 Å². The van der Waals surface area contributed by atoms with Crippen molar-refractivity contribution in [1.29, 1.82) is 0 Å². The lowest BCUT2D eigenvalue weighted by Gasteiger charge is -2.23. The lowest BCUT2D eigenvalue weighted by molar-refractivity contribution is -0.157. The summed E-state index contributed by atoms with van der Waals surface area (Å²) in [5, 5.41) is 2.17. The summed E-state index contributed by atoms with van der Waals surface area (Å²) < 4.78 is 9.08. The number of para-hydroxylation sites is 1. The highest BCUT2D eigenvalue weighted by molar-refractivity contribution is 8.01. The number of anilines is 1. The van der Waals surface area contributed by atoms with Gasteiger partial charge in [-0.1, -0.05) is 12.1 Å². The van der Waals surface area contributed by atoms with Crippen LogP contribution in [0.1, 0.15) is 6.42 Å². The van der Waals surface area contributed by atoms with E-state index in [1.807, 2.05) is 18.2 Å². The van der Waals surface area contributed by atoms with Crippen LogP contribution in [0, 0.1) is 0 Å². The Bertz CT molecular complexity index is 545. The van der Waals surface area contributed by atoms with Crippen LogP contribution in [-0.2, 0) is 23.9 Å². The Kier molecular flexibility index (Phi) is 4.62. The molecule has 6 nitrogen and oxygen atoms in total. The van der Waals surface area contributed by atoms with Crippen LogP contribution < -0.4 is 5.32 Å². The van der Waals surface area contributed by atoms with Gasteiger partial charge in [0.1, 0.15) is 0 Å². The maximum atomic E-state index is 11.9. The normalized spacial score (nSPS) is 16.9. The number of benzene rings is 1. The van der Waals surface area contributed by atoms with Gasteiger partial charge in [0.2, 0.25) is 5.91 Å². The Morgan fingerprint density at radius 1 is 1.30 bits per heavy atom. The molecular weight excluding hydrogens is 282 g/mol. The van der Waals surface area contributed by atoms with Crippen molar-refractivity contribution in [1.82, 2.24) is 0 Å². The molecular formula is C13H13NO5S. The van der Waals surface area contributed by atoms with E-state index in [0.717, 1.165) is 10.6 Å². The minimum Gasteiger partial charge on any atom is -0.466 e. The number of hydrogen-bond donors (Lipinski definition) is 1. The van der Waals surface area contributed by atoms with E-state index in [1.54, 1.807) is 6.07 Å². The Balaban J connectivity index is 1.92. The van der Waals surface area contributed by atoms with Crippen LogP contribution >= 0.6 is 11.8 Å². The highest BCUT2D eigenvalue weighted by Crippen LogP contribution is 2.36.